The van der Waals surface area contributed by atoms with Gasteiger partial charge < -0.3 is 15.8 Å². The van der Waals surface area contributed by atoms with Gasteiger partial charge in [0.2, 0.25) is 5.91 Å². The van der Waals surface area contributed by atoms with Gasteiger partial charge in [-0.1, -0.05) is 28.1 Å². The second-order valence-corrected chi connectivity index (χ2v) is 8.50. The van der Waals surface area contributed by atoms with Crippen molar-refractivity contribution in [2.24, 2.45) is 5.92 Å². The number of halogens is 2. The summed E-state index contributed by atoms with van der Waals surface area (Å²) in [4.78, 5) is 26.4. The quantitative estimate of drug-likeness (QED) is 0.648. The first-order chi connectivity index (χ1) is 13.9. The highest BCUT2D eigenvalue weighted by atomic mass is 79.9. The van der Waals surface area contributed by atoms with E-state index in [4.69, 9.17) is 10.5 Å². The maximum absolute atomic E-state index is 14.1. The molecule has 2 aliphatic rings. The zero-order chi connectivity index (χ0) is 20.6. The van der Waals surface area contributed by atoms with Crippen molar-refractivity contribution >= 4 is 45.0 Å². The molecule has 0 radical (unpaired) electrons. The number of nitrogens with zero attached hydrogens (tertiary/aromatic N) is 1. The Hall–Kier alpha value is -2.61. The summed E-state index contributed by atoms with van der Waals surface area (Å²) >= 11 is 3.37. The molecule has 2 aromatic rings. The first-order valence-corrected chi connectivity index (χ1v) is 10.3. The third kappa shape index (κ3) is 3.94. The van der Waals surface area contributed by atoms with Crippen molar-refractivity contribution in [2.75, 3.05) is 22.5 Å². The lowest BCUT2D eigenvalue weighted by atomic mass is 9.78. The van der Waals surface area contributed by atoms with Crippen LogP contribution in [-0.2, 0) is 9.53 Å². The summed E-state index contributed by atoms with van der Waals surface area (Å²) in [5.41, 5.74) is 6.55. The average Bonchev–Trinajstić information content (AvgIpc) is 3.01. The monoisotopic (exact) mass is 461 g/mol. The third-order valence-electron chi connectivity index (χ3n) is 5.65. The fourth-order valence-electron chi connectivity index (χ4n) is 4.02. The number of nitrogens with one attached hydrogen (secondary N) is 1. The lowest BCUT2D eigenvalue weighted by molar-refractivity contribution is -0.122. The largest absolute Gasteiger partial charge is 0.441 e. The molecule has 2 fully saturated rings. The van der Waals surface area contributed by atoms with E-state index in [9.17, 15) is 14.0 Å². The molecule has 2 amide bonds. The topological polar surface area (TPSA) is 84.7 Å². The molecule has 1 saturated carbocycles. The van der Waals surface area contributed by atoms with Crippen LogP contribution in [0, 0.1) is 11.7 Å². The third-order valence-corrected chi connectivity index (χ3v) is 6.15. The number of nitrogens with two attached hydrogens (primary N) is 1. The van der Waals surface area contributed by atoms with Crippen molar-refractivity contribution < 1.29 is 18.7 Å². The molecule has 8 heteroatoms. The molecule has 1 aliphatic carbocycles. The SMILES string of the molecule is Nc1ccc(Br)cc1NC(=O)[C@H]1CC[C@]2(CC1)CN(c1ccccc1F)C(=O)O2. The van der Waals surface area contributed by atoms with Gasteiger partial charge in [-0.05, 0) is 56.0 Å². The predicted octanol–water partition coefficient (Wildman–Crippen LogP) is 4.69. The number of nitrogen functional groups attached to an aromatic ring is 1. The number of ether oxygens (including phenoxy) is 1. The Morgan fingerprint density at radius 1 is 1.24 bits per heavy atom. The summed E-state index contributed by atoms with van der Waals surface area (Å²) in [6.07, 6.45) is 1.72. The van der Waals surface area contributed by atoms with Gasteiger partial charge in [0.05, 0.1) is 23.6 Å². The lowest BCUT2D eigenvalue weighted by Crippen LogP contribution is -2.41. The lowest BCUT2D eigenvalue weighted by Gasteiger charge is -2.34. The standard InChI is InChI=1S/C21H21BrFN3O3/c22-14-5-6-16(24)17(11-14)25-19(27)13-7-9-21(10-8-13)12-26(20(28)29-21)18-4-2-1-3-15(18)23/h1-6,11,13H,7-10,12,24H2,(H,25,27)/t13-,21-. The molecule has 1 heterocycles. The molecule has 1 spiro atoms. The Bertz CT molecular complexity index is 960. The summed E-state index contributed by atoms with van der Waals surface area (Å²) in [6.45, 7) is 0.291. The van der Waals surface area contributed by atoms with Gasteiger partial charge >= 0.3 is 6.09 Å². The first kappa shape index (κ1) is 19.7. The summed E-state index contributed by atoms with van der Waals surface area (Å²) in [7, 11) is 0. The van der Waals surface area contributed by atoms with Gasteiger partial charge in [-0.3, -0.25) is 9.69 Å². The molecule has 29 heavy (non-hydrogen) atoms. The minimum atomic E-state index is -0.676. The van der Waals surface area contributed by atoms with Crippen molar-refractivity contribution in [3.05, 3.63) is 52.8 Å². The fourth-order valence-corrected chi connectivity index (χ4v) is 4.38. The number of amides is 2. The average molecular weight is 462 g/mol. The van der Waals surface area contributed by atoms with Gasteiger partial charge in [0.25, 0.3) is 0 Å². The number of hydrogen-bond acceptors (Lipinski definition) is 4. The molecule has 3 N–H and O–H groups in total. The van der Waals surface area contributed by atoms with E-state index in [1.165, 1.54) is 11.0 Å². The molecule has 6 nitrogen and oxygen atoms in total. The molecule has 152 valence electrons. The maximum atomic E-state index is 14.1. The van der Waals surface area contributed by atoms with Crippen LogP contribution < -0.4 is 16.0 Å². The normalized spacial score (nSPS) is 23.9. The van der Waals surface area contributed by atoms with Crippen LogP contribution in [0.3, 0.4) is 0 Å². The van der Waals surface area contributed by atoms with Crippen molar-refractivity contribution in [1.29, 1.82) is 0 Å². The molecule has 0 aromatic heterocycles. The smallest absolute Gasteiger partial charge is 0.415 e. The number of anilines is 3. The molecule has 1 aliphatic heterocycles. The zero-order valence-corrected chi connectivity index (χ0v) is 17.2. The highest BCUT2D eigenvalue weighted by Crippen LogP contribution is 2.41. The maximum Gasteiger partial charge on any atom is 0.415 e. The van der Waals surface area contributed by atoms with E-state index in [0.29, 0.717) is 43.6 Å². The Morgan fingerprint density at radius 3 is 2.69 bits per heavy atom. The van der Waals surface area contributed by atoms with E-state index in [-0.39, 0.29) is 17.5 Å². The minimum absolute atomic E-state index is 0.0973. The van der Waals surface area contributed by atoms with Crippen LogP contribution in [0.15, 0.2) is 46.9 Å². The first-order valence-electron chi connectivity index (χ1n) is 9.48. The zero-order valence-electron chi connectivity index (χ0n) is 15.7. The van der Waals surface area contributed by atoms with E-state index in [0.717, 1.165) is 4.47 Å². The number of carbonyl (C=O) groups excluding carboxylic acids is 2. The molecule has 2 aromatic carbocycles. The van der Waals surface area contributed by atoms with Crippen LogP contribution in [0.4, 0.5) is 26.2 Å². The molecule has 0 bridgehead atoms. The molecule has 1 saturated heterocycles. The van der Waals surface area contributed by atoms with Gasteiger partial charge in [-0.15, -0.1) is 0 Å². The molecular formula is C21H21BrFN3O3. The minimum Gasteiger partial charge on any atom is -0.441 e. The Morgan fingerprint density at radius 2 is 1.97 bits per heavy atom. The molecular weight excluding hydrogens is 441 g/mol. The van der Waals surface area contributed by atoms with Crippen molar-refractivity contribution in [2.45, 2.75) is 31.3 Å². The number of benzene rings is 2. The van der Waals surface area contributed by atoms with E-state index < -0.39 is 17.5 Å². The van der Waals surface area contributed by atoms with Crippen LogP contribution >= 0.6 is 15.9 Å². The summed E-state index contributed by atoms with van der Waals surface area (Å²) < 4.78 is 20.6. The van der Waals surface area contributed by atoms with Crippen molar-refractivity contribution in [3.63, 3.8) is 0 Å². The van der Waals surface area contributed by atoms with Crippen LogP contribution in [0.2, 0.25) is 0 Å². The van der Waals surface area contributed by atoms with Gasteiger partial charge in [0.1, 0.15) is 11.4 Å². The van der Waals surface area contributed by atoms with E-state index >= 15 is 0 Å². The molecule has 4 rings (SSSR count). The van der Waals surface area contributed by atoms with E-state index in [1.807, 2.05) is 6.07 Å². The summed E-state index contributed by atoms with van der Waals surface area (Å²) in [5, 5.41) is 2.89. The second kappa shape index (κ2) is 7.67. The summed E-state index contributed by atoms with van der Waals surface area (Å²) in [6, 6.07) is 11.5. The Labute approximate surface area is 176 Å². The van der Waals surface area contributed by atoms with E-state index in [2.05, 4.69) is 21.2 Å². The number of carbonyl (C=O) groups is 2. The van der Waals surface area contributed by atoms with Crippen LogP contribution in [0.5, 0.6) is 0 Å². The van der Waals surface area contributed by atoms with Gasteiger partial charge in [-0.2, -0.15) is 0 Å². The van der Waals surface area contributed by atoms with Crippen LogP contribution in [0.25, 0.3) is 0 Å². The van der Waals surface area contributed by atoms with Gasteiger partial charge in [-0.25, -0.2) is 9.18 Å². The van der Waals surface area contributed by atoms with Gasteiger partial charge in [0, 0.05) is 10.4 Å². The Balaban J connectivity index is 1.40. The summed E-state index contributed by atoms with van der Waals surface area (Å²) in [5.74, 6) is -0.749. The van der Waals surface area contributed by atoms with Crippen molar-refractivity contribution in [3.8, 4) is 0 Å². The highest BCUT2D eigenvalue weighted by molar-refractivity contribution is 9.10. The Kier molecular flexibility index (Phi) is 5.21. The van der Waals surface area contributed by atoms with E-state index in [1.54, 1.807) is 30.3 Å². The van der Waals surface area contributed by atoms with Crippen LogP contribution in [0.1, 0.15) is 25.7 Å². The highest BCUT2D eigenvalue weighted by Gasteiger charge is 2.49. The van der Waals surface area contributed by atoms with Crippen molar-refractivity contribution in [1.82, 2.24) is 0 Å². The fraction of sp³-hybridized carbons (Fsp3) is 0.333. The van der Waals surface area contributed by atoms with Crippen LogP contribution in [-0.4, -0.2) is 24.1 Å². The number of hydrogen-bond donors (Lipinski definition) is 2. The second-order valence-electron chi connectivity index (χ2n) is 7.58. The molecule has 0 unspecified atom stereocenters. The molecule has 0 atom stereocenters. The predicted molar refractivity (Wildman–Crippen MR) is 112 cm³/mol. The number of para-hydroxylation sites is 1. The number of rotatable bonds is 3. The van der Waals surface area contributed by atoms with Gasteiger partial charge in [0.15, 0.2) is 0 Å².